The number of carboxylic acids is 1. The van der Waals surface area contributed by atoms with Crippen molar-refractivity contribution < 1.29 is 32.5 Å². The van der Waals surface area contributed by atoms with Gasteiger partial charge in [-0.15, -0.1) is 13.2 Å². The molecular weight excluding hydrogens is 517 g/mol. The first-order valence-corrected chi connectivity index (χ1v) is 10.7. The second kappa shape index (κ2) is 10.2. The molecule has 0 amide bonds. The highest BCUT2D eigenvalue weighted by atomic mass is 35.5. The number of hydrogen-bond donors (Lipinski definition) is 1. The minimum atomic E-state index is -5.07. The predicted octanol–water partition coefficient (Wildman–Crippen LogP) is 4.66. The average Bonchev–Trinajstić information content (AvgIpc) is 2.85. The molecule has 13 heteroatoms. The Labute approximate surface area is 210 Å². The van der Waals surface area contributed by atoms with Crippen LogP contribution in [0.5, 0.6) is 11.5 Å². The standard InChI is InChI=1S/C24H14ClF3N4O5/c25-14-2-4-20(16(8-14)13-1-3-21(37-24(26,27)28)18(7-13)23(34)35)36-6-5-32-12-31-19-11-30-15(10-29)9-17(19)22(32)33/h1-4,7-9,11-12H,5-6H2,(H,34,35). The number of ether oxygens (including phenoxy) is 2. The number of rotatable bonds is 7. The van der Waals surface area contributed by atoms with Crippen molar-refractivity contribution in [1.29, 1.82) is 5.26 Å². The molecule has 4 rings (SSSR count). The van der Waals surface area contributed by atoms with Crippen LogP contribution >= 0.6 is 11.6 Å². The van der Waals surface area contributed by atoms with Crippen LogP contribution in [0, 0.1) is 11.3 Å². The van der Waals surface area contributed by atoms with E-state index in [1.165, 1.54) is 47.4 Å². The van der Waals surface area contributed by atoms with Crippen molar-refractivity contribution in [3.63, 3.8) is 0 Å². The summed E-state index contributed by atoms with van der Waals surface area (Å²) >= 11 is 6.09. The lowest BCUT2D eigenvalue weighted by Crippen LogP contribution is -2.23. The predicted molar refractivity (Wildman–Crippen MR) is 125 cm³/mol. The number of fused-ring (bicyclic) bond motifs is 1. The van der Waals surface area contributed by atoms with Crippen molar-refractivity contribution >= 4 is 28.5 Å². The van der Waals surface area contributed by atoms with Gasteiger partial charge in [-0.05, 0) is 42.0 Å². The molecule has 2 heterocycles. The van der Waals surface area contributed by atoms with E-state index >= 15 is 0 Å². The minimum absolute atomic E-state index is 0.0288. The summed E-state index contributed by atoms with van der Waals surface area (Å²) in [5.74, 6) is -2.25. The number of nitrogens with zero attached hydrogens (tertiary/aromatic N) is 4. The van der Waals surface area contributed by atoms with Crippen LogP contribution in [0.3, 0.4) is 0 Å². The van der Waals surface area contributed by atoms with Gasteiger partial charge in [0.25, 0.3) is 5.56 Å². The molecule has 1 N–H and O–H groups in total. The molecule has 2 aromatic carbocycles. The Kier molecular flexibility index (Phi) is 6.99. The van der Waals surface area contributed by atoms with Gasteiger partial charge >= 0.3 is 12.3 Å². The zero-order valence-electron chi connectivity index (χ0n) is 18.5. The molecule has 0 aliphatic carbocycles. The van der Waals surface area contributed by atoms with Gasteiger partial charge in [0.1, 0.15) is 35.4 Å². The molecule has 0 fully saturated rings. The number of nitriles is 1. The first-order valence-electron chi connectivity index (χ1n) is 10.4. The van der Waals surface area contributed by atoms with Gasteiger partial charge in [0.05, 0.1) is 30.0 Å². The second-order valence-corrected chi connectivity index (χ2v) is 7.93. The van der Waals surface area contributed by atoms with Gasteiger partial charge in [-0.1, -0.05) is 17.7 Å². The van der Waals surface area contributed by atoms with Crippen LogP contribution in [0.4, 0.5) is 13.2 Å². The molecule has 0 spiro atoms. The number of carbonyl (C=O) groups is 1. The number of carboxylic acid groups (broad SMARTS) is 1. The molecule has 0 bridgehead atoms. The van der Waals surface area contributed by atoms with Crippen LogP contribution in [0.1, 0.15) is 16.1 Å². The lowest BCUT2D eigenvalue weighted by molar-refractivity contribution is -0.274. The number of pyridine rings is 1. The SMILES string of the molecule is N#Cc1cc2c(=O)n(CCOc3ccc(Cl)cc3-c3ccc(OC(F)(F)F)c(C(=O)O)c3)cnc2cn1. The quantitative estimate of drug-likeness (QED) is 0.365. The lowest BCUT2D eigenvalue weighted by Gasteiger charge is -2.15. The third kappa shape index (κ3) is 5.79. The fourth-order valence-electron chi connectivity index (χ4n) is 3.47. The second-order valence-electron chi connectivity index (χ2n) is 7.49. The van der Waals surface area contributed by atoms with Crippen molar-refractivity contribution in [1.82, 2.24) is 14.5 Å². The minimum Gasteiger partial charge on any atom is -0.491 e. The number of halogens is 4. The highest BCUT2D eigenvalue weighted by Gasteiger charge is 2.33. The zero-order valence-corrected chi connectivity index (χ0v) is 19.2. The Morgan fingerprint density at radius 2 is 1.89 bits per heavy atom. The monoisotopic (exact) mass is 530 g/mol. The molecule has 0 atom stereocenters. The first kappa shape index (κ1) is 25.5. The molecule has 37 heavy (non-hydrogen) atoms. The molecule has 0 saturated carbocycles. The lowest BCUT2D eigenvalue weighted by atomic mass is 10.0. The maximum absolute atomic E-state index is 12.8. The number of aromatic nitrogens is 3. The fourth-order valence-corrected chi connectivity index (χ4v) is 3.64. The van der Waals surface area contributed by atoms with E-state index < -0.39 is 29.2 Å². The average molecular weight is 531 g/mol. The maximum Gasteiger partial charge on any atom is 0.573 e. The van der Waals surface area contributed by atoms with Crippen molar-refractivity contribution in [2.45, 2.75) is 12.9 Å². The van der Waals surface area contributed by atoms with E-state index in [0.717, 1.165) is 12.1 Å². The third-order valence-corrected chi connectivity index (χ3v) is 5.34. The van der Waals surface area contributed by atoms with Gasteiger partial charge in [0.15, 0.2) is 0 Å². The van der Waals surface area contributed by atoms with Crippen LogP contribution in [0.15, 0.2) is 59.8 Å². The summed E-state index contributed by atoms with van der Waals surface area (Å²) in [5.41, 5.74) is -0.198. The number of hydrogen-bond acceptors (Lipinski definition) is 7. The van der Waals surface area contributed by atoms with E-state index in [1.54, 1.807) is 0 Å². The van der Waals surface area contributed by atoms with Crippen molar-refractivity contribution in [3.05, 3.63) is 81.6 Å². The molecule has 0 aliphatic rings. The molecular formula is C24H14ClF3N4O5. The molecule has 0 aliphatic heterocycles. The number of benzene rings is 2. The Morgan fingerprint density at radius 1 is 1.14 bits per heavy atom. The van der Waals surface area contributed by atoms with Crippen LogP contribution < -0.4 is 15.0 Å². The molecule has 0 unspecified atom stereocenters. The van der Waals surface area contributed by atoms with Crippen molar-refractivity contribution in [2.75, 3.05) is 6.61 Å². The van der Waals surface area contributed by atoms with Crippen LogP contribution in [-0.4, -0.2) is 38.6 Å². The van der Waals surface area contributed by atoms with Gasteiger partial charge in [0.2, 0.25) is 0 Å². The summed E-state index contributed by atoms with van der Waals surface area (Å²) in [6.45, 7) is 0.0335. The highest BCUT2D eigenvalue weighted by Crippen LogP contribution is 2.36. The van der Waals surface area contributed by atoms with Gasteiger partial charge in [-0.2, -0.15) is 5.26 Å². The largest absolute Gasteiger partial charge is 0.573 e. The first-order chi connectivity index (χ1) is 17.6. The van der Waals surface area contributed by atoms with Gasteiger partial charge in [-0.25, -0.2) is 14.8 Å². The van der Waals surface area contributed by atoms with Crippen molar-refractivity contribution in [2.24, 2.45) is 0 Å². The normalized spacial score (nSPS) is 11.2. The molecule has 9 nitrogen and oxygen atoms in total. The van der Waals surface area contributed by atoms with Crippen LogP contribution in [0.25, 0.3) is 22.0 Å². The highest BCUT2D eigenvalue weighted by molar-refractivity contribution is 6.31. The van der Waals surface area contributed by atoms with E-state index in [0.29, 0.717) is 11.1 Å². The Hall–Kier alpha value is -4.63. The molecule has 2 aromatic heterocycles. The molecule has 0 saturated heterocycles. The zero-order chi connectivity index (χ0) is 26.7. The summed E-state index contributed by atoms with van der Waals surface area (Å²) in [5, 5.41) is 18.9. The van der Waals surface area contributed by atoms with Gasteiger partial charge in [-0.3, -0.25) is 9.36 Å². The molecule has 188 valence electrons. The Morgan fingerprint density at radius 3 is 2.59 bits per heavy atom. The molecule has 0 radical (unpaired) electrons. The van der Waals surface area contributed by atoms with Crippen molar-refractivity contribution in [3.8, 4) is 28.7 Å². The van der Waals surface area contributed by atoms with E-state index in [-0.39, 0.29) is 40.6 Å². The fraction of sp³-hybridized carbons (Fsp3) is 0.125. The maximum atomic E-state index is 12.8. The van der Waals surface area contributed by atoms with E-state index in [9.17, 15) is 27.9 Å². The summed E-state index contributed by atoms with van der Waals surface area (Å²) < 4.78 is 48.9. The summed E-state index contributed by atoms with van der Waals surface area (Å²) in [4.78, 5) is 32.4. The van der Waals surface area contributed by atoms with E-state index in [2.05, 4.69) is 14.7 Å². The smallest absolute Gasteiger partial charge is 0.491 e. The van der Waals surface area contributed by atoms with E-state index in [1.807, 2.05) is 6.07 Å². The van der Waals surface area contributed by atoms with Gasteiger partial charge in [0, 0.05) is 10.6 Å². The topological polar surface area (TPSA) is 127 Å². The summed E-state index contributed by atoms with van der Waals surface area (Å²) in [6, 6.07) is 10.8. The molecule has 4 aromatic rings. The third-order valence-electron chi connectivity index (χ3n) is 5.10. The van der Waals surface area contributed by atoms with Crippen LogP contribution in [-0.2, 0) is 6.54 Å². The summed E-state index contributed by atoms with van der Waals surface area (Å²) in [7, 11) is 0. The van der Waals surface area contributed by atoms with Crippen LogP contribution in [0.2, 0.25) is 5.02 Å². The number of aromatic carboxylic acids is 1. The Balaban J connectivity index is 1.61. The van der Waals surface area contributed by atoms with Gasteiger partial charge < -0.3 is 14.6 Å². The number of alkyl halides is 3. The Bertz CT molecular complexity index is 1620. The summed E-state index contributed by atoms with van der Waals surface area (Å²) in [6.07, 6.45) is -2.44. The van der Waals surface area contributed by atoms with E-state index in [4.69, 9.17) is 21.6 Å².